The molecule has 0 aromatic heterocycles. The Bertz CT molecular complexity index is 375. The molecule has 114 valence electrons. The van der Waals surface area contributed by atoms with Crippen molar-refractivity contribution in [3.05, 3.63) is 0 Å². The molecule has 0 aliphatic carbocycles. The number of likely N-dealkylation sites (tertiary alicyclic amines) is 1. The normalized spacial score (nSPS) is 29.4. The molecule has 2 heterocycles. The lowest BCUT2D eigenvalue weighted by Gasteiger charge is -2.40. The Morgan fingerprint density at radius 3 is 2.45 bits per heavy atom. The highest BCUT2D eigenvalue weighted by Crippen LogP contribution is 2.37. The van der Waals surface area contributed by atoms with Crippen molar-refractivity contribution in [3.63, 3.8) is 0 Å². The molecular formula is C15H26N2O3. The number of hydrogen-bond donors (Lipinski definition) is 2. The fourth-order valence-corrected chi connectivity index (χ4v) is 3.64. The van der Waals surface area contributed by atoms with Crippen LogP contribution >= 0.6 is 0 Å². The molecule has 2 atom stereocenters. The summed E-state index contributed by atoms with van der Waals surface area (Å²) in [6.45, 7) is 6.16. The molecule has 0 saturated carbocycles. The van der Waals surface area contributed by atoms with Crippen molar-refractivity contribution in [1.82, 2.24) is 10.2 Å². The fraction of sp³-hybridized carbons (Fsp3) is 0.867. The summed E-state index contributed by atoms with van der Waals surface area (Å²) < 4.78 is 0. The predicted octanol–water partition coefficient (Wildman–Crippen LogP) is 1.48. The number of carbonyl (C=O) groups is 2. The molecule has 2 aliphatic rings. The van der Waals surface area contributed by atoms with E-state index in [1.807, 2.05) is 11.8 Å². The van der Waals surface area contributed by atoms with Gasteiger partial charge < -0.3 is 15.3 Å². The molecule has 0 aromatic carbocycles. The van der Waals surface area contributed by atoms with Gasteiger partial charge >= 0.3 is 5.97 Å². The molecule has 0 spiro atoms. The zero-order chi connectivity index (χ0) is 14.8. The third-order valence-electron chi connectivity index (χ3n) is 5.06. The lowest BCUT2D eigenvalue weighted by molar-refractivity contribution is -0.155. The second-order valence-electron chi connectivity index (χ2n) is 6.30. The first-order valence-electron chi connectivity index (χ1n) is 7.76. The Labute approximate surface area is 120 Å². The number of carboxylic acid groups (broad SMARTS) is 1. The molecule has 2 unspecified atom stereocenters. The van der Waals surface area contributed by atoms with Gasteiger partial charge in [-0.05, 0) is 39.2 Å². The molecule has 2 N–H and O–H groups in total. The maximum Gasteiger partial charge on any atom is 0.309 e. The fourth-order valence-electron chi connectivity index (χ4n) is 3.64. The van der Waals surface area contributed by atoms with E-state index in [0.29, 0.717) is 32.4 Å². The second kappa shape index (κ2) is 6.12. The van der Waals surface area contributed by atoms with Crippen LogP contribution in [0, 0.1) is 11.3 Å². The third-order valence-corrected chi connectivity index (χ3v) is 5.06. The summed E-state index contributed by atoms with van der Waals surface area (Å²) in [6, 6.07) is 0.240. The van der Waals surface area contributed by atoms with E-state index in [9.17, 15) is 14.7 Å². The van der Waals surface area contributed by atoms with E-state index in [0.717, 1.165) is 19.4 Å². The smallest absolute Gasteiger partial charge is 0.309 e. The molecule has 20 heavy (non-hydrogen) atoms. The molecule has 5 heteroatoms. The van der Waals surface area contributed by atoms with E-state index in [2.05, 4.69) is 12.2 Å². The molecule has 1 amide bonds. The molecule has 0 bridgehead atoms. The number of piperidine rings is 1. The molecule has 2 rings (SSSR count). The van der Waals surface area contributed by atoms with Crippen LogP contribution in [-0.4, -0.2) is 47.6 Å². The van der Waals surface area contributed by atoms with Gasteiger partial charge in [-0.15, -0.1) is 0 Å². The summed E-state index contributed by atoms with van der Waals surface area (Å²) in [5.74, 6) is -0.418. The highest BCUT2D eigenvalue weighted by atomic mass is 16.4. The maximum absolute atomic E-state index is 12.5. The van der Waals surface area contributed by atoms with E-state index in [1.165, 1.54) is 0 Å². The van der Waals surface area contributed by atoms with E-state index in [4.69, 9.17) is 0 Å². The number of carbonyl (C=O) groups excluding carboxylic acids is 1. The van der Waals surface area contributed by atoms with Gasteiger partial charge in [0, 0.05) is 19.1 Å². The molecule has 2 saturated heterocycles. The number of hydrogen-bond acceptors (Lipinski definition) is 3. The molecule has 2 aliphatic heterocycles. The lowest BCUT2D eigenvalue weighted by Crippen LogP contribution is -2.49. The minimum absolute atomic E-state index is 0.0681. The number of nitrogens with one attached hydrogen (secondary N) is 1. The Morgan fingerprint density at radius 1 is 1.35 bits per heavy atom. The summed E-state index contributed by atoms with van der Waals surface area (Å²) in [6.07, 6.45) is 3.68. The molecule has 0 aromatic rings. The number of nitrogens with zero attached hydrogens (tertiary/aromatic N) is 1. The van der Waals surface area contributed by atoms with Crippen LogP contribution in [0.5, 0.6) is 0 Å². The van der Waals surface area contributed by atoms with E-state index < -0.39 is 11.4 Å². The van der Waals surface area contributed by atoms with Crippen LogP contribution < -0.4 is 5.32 Å². The standard InChI is InChI=1S/C15H26N2O3/c1-3-5-15(14(19)20)6-9-17(10-7-15)13(18)12-4-8-16-11(12)2/h11-12,16H,3-10H2,1-2H3,(H,19,20). The van der Waals surface area contributed by atoms with Crippen LogP contribution in [0.15, 0.2) is 0 Å². The first kappa shape index (κ1) is 15.3. The van der Waals surface area contributed by atoms with Gasteiger partial charge in [-0.1, -0.05) is 13.3 Å². The van der Waals surface area contributed by atoms with Gasteiger partial charge in [-0.2, -0.15) is 0 Å². The van der Waals surface area contributed by atoms with Gasteiger partial charge in [-0.3, -0.25) is 9.59 Å². The SMILES string of the molecule is CCCC1(C(=O)O)CCN(C(=O)C2CCNC2C)CC1. The van der Waals surface area contributed by atoms with Crippen LogP contribution in [0.25, 0.3) is 0 Å². The summed E-state index contributed by atoms with van der Waals surface area (Å²) in [5, 5.41) is 12.8. The molecular weight excluding hydrogens is 256 g/mol. The zero-order valence-corrected chi connectivity index (χ0v) is 12.5. The van der Waals surface area contributed by atoms with Crippen molar-refractivity contribution in [2.75, 3.05) is 19.6 Å². The van der Waals surface area contributed by atoms with E-state index in [-0.39, 0.29) is 17.9 Å². The van der Waals surface area contributed by atoms with Crippen LogP contribution in [0.4, 0.5) is 0 Å². The van der Waals surface area contributed by atoms with Crippen molar-refractivity contribution in [2.24, 2.45) is 11.3 Å². The average molecular weight is 282 g/mol. The van der Waals surface area contributed by atoms with Crippen molar-refractivity contribution in [2.45, 2.75) is 52.0 Å². The van der Waals surface area contributed by atoms with Crippen LogP contribution in [-0.2, 0) is 9.59 Å². The number of amides is 1. The highest BCUT2D eigenvalue weighted by molar-refractivity contribution is 5.81. The molecule has 0 radical (unpaired) electrons. The minimum Gasteiger partial charge on any atom is -0.481 e. The number of carboxylic acids is 1. The van der Waals surface area contributed by atoms with Gasteiger partial charge in [0.15, 0.2) is 0 Å². The summed E-state index contributed by atoms with van der Waals surface area (Å²) in [7, 11) is 0. The average Bonchev–Trinajstić information content (AvgIpc) is 2.85. The van der Waals surface area contributed by atoms with E-state index >= 15 is 0 Å². The van der Waals surface area contributed by atoms with Gasteiger partial charge in [0.2, 0.25) is 5.91 Å². The minimum atomic E-state index is -0.692. The summed E-state index contributed by atoms with van der Waals surface area (Å²) >= 11 is 0. The monoisotopic (exact) mass is 282 g/mol. The van der Waals surface area contributed by atoms with Gasteiger partial charge in [0.05, 0.1) is 11.3 Å². The van der Waals surface area contributed by atoms with Crippen LogP contribution in [0.3, 0.4) is 0 Å². The first-order valence-corrected chi connectivity index (χ1v) is 7.76. The summed E-state index contributed by atoms with van der Waals surface area (Å²) in [5.41, 5.74) is -0.606. The van der Waals surface area contributed by atoms with Crippen LogP contribution in [0.2, 0.25) is 0 Å². The number of aliphatic carboxylic acids is 1. The van der Waals surface area contributed by atoms with Crippen molar-refractivity contribution >= 4 is 11.9 Å². The number of rotatable bonds is 4. The first-order chi connectivity index (χ1) is 9.50. The summed E-state index contributed by atoms with van der Waals surface area (Å²) in [4.78, 5) is 25.9. The third kappa shape index (κ3) is 2.82. The predicted molar refractivity (Wildman–Crippen MR) is 76.4 cm³/mol. The molecule has 5 nitrogen and oxygen atoms in total. The lowest BCUT2D eigenvalue weighted by atomic mass is 9.75. The maximum atomic E-state index is 12.5. The van der Waals surface area contributed by atoms with E-state index in [1.54, 1.807) is 0 Å². The quantitative estimate of drug-likeness (QED) is 0.819. The largest absolute Gasteiger partial charge is 0.481 e. The Kier molecular flexibility index (Phi) is 4.68. The van der Waals surface area contributed by atoms with Crippen molar-refractivity contribution in [3.8, 4) is 0 Å². The topological polar surface area (TPSA) is 69.6 Å². The Balaban J connectivity index is 1.96. The van der Waals surface area contributed by atoms with Gasteiger partial charge in [-0.25, -0.2) is 0 Å². The second-order valence-corrected chi connectivity index (χ2v) is 6.30. The zero-order valence-electron chi connectivity index (χ0n) is 12.5. The Morgan fingerprint density at radius 2 is 2.00 bits per heavy atom. The van der Waals surface area contributed by atoms with Crippen LogP contribution in [0.1, 0.15) is 46.0 Å². The van der Waals surface area contributed by atoms with Gasteiger partial charge in [0.25, 0.3) is 0 Å². The van der Waals surface area contributed by atoms with Gasteiger partial charge in [0.1, 0.15) is 0 Å². The highest BCUT2D eigenvalue weighted by Gasteiger charge is 2.43. The Hall–Kier alpha value is -1.10. The van der Waals surface area contributed by atoms with Crippen molar-refractivity contribution in [1.29, 1.82) is 0 Å². The van der Waals surface area contributed by atoms with Crippen molar-refractivity contribution < 1.29 is 14.7 Å². The molecule has 2 fully saturated rings.